The molecule has 0 aromatic heterocycles. The molecular formula is C13H13NO5. The largest absolute Gasteiger partial charge is 0.464 e. The summed E-state index contributed by atoms with van der Waals surface area (Å²) in [6.45, 7) is 3.72. The summed E-state index contributed by atoms with van der Waals surface area (Å²) in [5, 5.41) is 2.70. The third kappa shape index (κ3) is 2.47. The van der Waals surface area contributed by atoms with Crippen molar-refractivity contribution in [1.29, 1.82) is 0 Å². The minimum atomic E-state index is -0.680. The second-order valence-electron chi connectivity index (χ2n) is 4.37. The van der Waals surface area contributed by atoms with Crippen LogP contribution in [0, 0.1) is 0 Å². The average Bonchev–Trinajstić information content (AvgIpc) is 2.79. The summed E-state index contributed by atoms with van der Waals surface area (Å²) >= 11 is 0. The maximum absolute atomic E-state index is 11.5. The molecule has 2 rings (SSSR count). The maximum atomic E-state index is 11.5. The average molecular weight is 263 g/mol. The van der Waals surface area contributed by atoms with Crippen molar-refractivity contribution < 1.29 is 14.3 Å². The van der Waals surface area contributed by atoms with E-state index >= 15 is 0 Å². The van der Waals surface area contributed by atoms with Crippen LogP contribution in [0.25, 0.3) is 0 Å². The lowest BCUT2D eigenvalue weighted by Gasteiger charge is -2.15. The van der Waals surface area contributed by atoms with Crippen molar-refractivity contribution in [1.82, 2.24) is 0 Å². The first-order valence-electron chi connectivity index (χ1n) is 5.92. The van der Waals surface area contributed by atoms with Crippen LogP contribution < -0.4 is 16.2 Å². The van der Waals surface area contributed by atoms with Gasteiger partial charge in [0.25, 0.3) is 0 Å². The highest BCUT2D eigenvalue weighted by molar-refractivity contribution is 5.86. The summed E-state index contributed by atoms with van der Waals surface area (Å²) in [7, 11) is 0. The fraction of sp³-hybridized carbons (Fsp3) is 0.385. The Morgan fingerprint density at radius 1 is 1.37 bits per heavy atom. The molecule has 1 fully saturated rings. The van der Waals surface area contributed by atoms with Crippen molar-refractivity contribution in [2.75, 3.05) is 11.9 Å². The number of Topliss-reactive ketones (excluding diaryl/α,β-unsaturated/α-hetero) is 1. The second kappa shape index (κ2) is 5.17. The Labute approximate surface area is 108 Å². The summed E-state index contributed by atoms with van der Waals surface area (Å²) in [5.41, 5.74) is -1.12. The summed E-state index contributed by atoms with van der Waals surface area (Å²) < 4.78 is 4.75. The number of ketones is 1. The van der Waals surface area contributed by atoms with E-state index in [9.17, 15) is 19.2 Å². The maximum Gasteiger partial charge on any atom is 0.328 e. The number of ether oxygens (including phenoxy) is 1. The van der Waals surface area contributed by atoms with Gasteiger partial charge in [-0.3, -0.25) is 14.4 Å². The number of cyclic esters (lactones) is 1. The van der Waals surface area contributed by atoms with E-state index in [0.29, 0.717) is 6.42 Å². The molecule has 1 heterocycles. The first-order chi connectivity index (χ1) is 9.04. The topological polar surface area (TPSA) is 89.5 Å². The van der Waals surface area contributed by atoms with Gasteiger partial charge in [0.05, 0.1) is 12.3 Å². The van der Waals surface area contributed by atoms with Crippen LogP contribution in [0.5, 0.6) is 0 Å². The first-order valence-corrected chi connectivity index (χ1v) is 5.92. The molecule has 19 heavy (non-hydrogen) atoms. The number of hydrogen-bond acceptors (Lipinski definition) is 6. The SMILES string of the molecule is C=CCC(=O)Cc1c(NC2CCOC2=O)c(=O)c1=O. The molecule has 6 nitrogen and oxygen atoms in total. The highest BCUT2D eigenvalue weighted by atomic mass is 16.5. The van der Waals surface area contributed by atoms with Crippen molar-refractivity contribution >= 4 is 17.4 Å². The van der Waals surface area contributed by atoms with Gasteiger partial charge in [-0.25, -0.2) is 4.79 Å². The van der Waals surface area contributed by atoms with Crippen LogP contribution in [0.3, 0.4) is 0 Å². The van der Waals surface area contributed by atoms with Gasteiger partial charge in [-0.05, 0) is 0 Å². The molecule has 1 N–H and O–H groups in total. The zero-order valence-electron chi connectivity index (χ0n) is 10.2. The minimum Gasteiger partial charge on any atom is -0.464 e. The van der Waals surface area contributed by atoms with E-state index in [1.165, 1.54) is 6.08 Å². The lowest BCUT2D eigenvalue weighted by atomic mass is 9.99. The smallest absolute Gasteiger partial charge is 0.328 e. The molecule has 0 saturated carbocycles. The van der Waals surface area contributed by atoms with Gasteiger partial charge in [-0.1, -0.05) is 6.08 Å². The van der Waals surface area contributed by atoms with E-state index in [4.69, 9.17) is 4.74 Å². The van der Waals surface area contributed by atoms with E-state index in [1.807, 2.05) is 0 Å². The number of nitrogens with one attached hydrogen (secondary N) is 1. The van der Waals surface area contributed by atoms with Gasteiger partial charge < -0.3 is 10.1 Å². The van der Waals surface area contributed by atoms with E-state index in [2.05, 4.69) is 11.9 Å². The van der Waals surface area contributed by atoms with Crippen LogP contribution in [0.1, 0.15) is 18.4 Å². The molecule has 0 radical (unpaired) electrons. The molecular weight excluding hydrogens is 250 g/mol. The van der Waals surface area contributed by atoms with Gasteiger partial charge in [-0.15, -0.1) is 6.58 Å². The van der Waals surface area contributed by atoms with Crippen LogP contribution in [-0.4, -0.2) is 24.4 Å². The number of carbonyl (C=O) groups is 2. The van der Waals surface area contributed by atoms with Crippen molar-refractivity contribution in [3.8, 4) is 0 Å². The van der Waals surface area contributed by atoms with E-state index < -0.39 is 22.9 Å². The highest BCUT2D eigenvalue weighted by Crippen LogP contribution is 2.16. The van der Waals surface area contributed by atoms with E-state index in [-0.39, 0.29) is 36.5 Å². The van der Waals surface area contributed by atoms with Gasteiger partial charge in [0, 0.05) is 24.8 Å². The third-order valence-corrected chi connectivity index (χ3v) is 3.01. The van der Waals surface area contributed by atoms with Gasteiger partial charge in [0.15, 0.2) is 0 Å². The lowest BCUT2D eigenvalue weighted by Crippen LogP contribution is -2.42. The summed E-state index contributed by atoms with van der Waals surface area (Å²) in [5.74, 6) is -0.643. The Kier molecular flexibility index (Phi) is 3.59. The number of rotatable bonds is 6. The van der Waals surface area contributed by atoms with Crippen LogP contribution in [0.15, 0.2) is 22.2 Å². The molecule has 0 spiro atoms. The fourth-order valence-electron chi connectivity index (χ4n) is 1.99. The molecule has 6 heteroatoms. The van der Waals surface area contributed by atoms with Gasteiger partial charge in [0.2, 0.25) is 10.9 Å². The second-order valence-corrected chi connectivity index (χ2v) is 4.37. The van der Waals surface area contributed by atoms with Crippen molar-refractivity contribution in [3.63, 3.8) is 0 Å². The summed E-state index contributed by atoms with van der Waals surface area (Å²) in [6, 6.07) is -0.614. The Balaban J connectivity index is 2.13. The number of esters is 1. The molecule has 1 unspecified atom stereocenters. The number of carbonyl (C=O) groups excluding carboxylic acids is 2. The predicted molar refractivity (Wildman–Crippen MR) is 67.9 cm³/mol. The van der Waals surface area contributed by atoms with Crippen molar-refractivity contribution in [3.05, 3.63) is 38.7 Å². The first kappa shape index (κ1) is 13.2. The van der Waals surface area contributed by atoms with Gasteiger partial charge in [-0.2, -0.15) is 0 Å². The number of anilines is 1. The monoisotopic (exact) mass is 263 g/mol. The van der Waals surface area contributed by atoms with Crippen molar-refractivity contribution in [2.24, 2.45) is 0 Å². The van der Waals surface area contributed by atoms with Crippen LogP contribution in [0.2, 0.25) is 0 Å². The van der Waals surface area contributed by atoms with Gasteiger partial charge in [0.1, 0.15) is 11.8 Å². The molecule has 100 valence electrons. The van der Waals surface area contributed by atoms with Crippen molar-refractivity contribution in [2.45, 2.75) is 25.3 Å². The standard InChI is InChI=1S/C13H13NO5/c1-2-3-7(15)6-8-10(12(17)11(8)16)14-9-4-5-19-13(9)18/h2,9,14H,1,3-6H2. The van der Waals surface area contributed by atoms with Gasteiger partial charge >= 0.3 is 5.97 Å². The lowest BCUT2D eigenvalue weighted by molar-refractivity contribution is -0.138. The molecule has 1 atom stereocenters. The molecule has 0 bridgehead atoms. The Morgan fingerprint density at radius 2 is 2.11 bits per heavy atom. The Morgan fingerprint density at radius 3 is 2.68 bits per heavy atom. The zero-order valence-corrected chi connectivity index (χ0v) is 10.2. The Hall–Kier alpha value is -2.24. The highest BCUT2D eigenvalue weighted by Gasteiger charge is 2.31. The van der Waals surface area contributed by atoms with Crippen LogP contribution in [0.4, 0.5) is 5.69 Å². The molecule has 1 aliphatic heterocycles. The minimum absolute atomic E-state index is 0.0752. The van der Waals surface area contributed by atoms with E-state index in [1.54, 1.807) is 0 Å². The molecule has 0 amide bonds. The quantitative estimate of drug-likeness (QED) is 0.430. The molecule has 1 aliphatic rings. The third-order valence-electron chi connectivity index (χ3n) is 3.01. The molecule has 1 aromatic rings. The Bertz CT molecular complexity index is 609. The van der Waals surface area contributed by atoms with E-state index in [0.717, 1.165) is 0 Å². The number of hydrogen-bond donors (Lipinski definition) is 1. The normalized spacial score (nSPS) is 18.3. The number of allylic oxidation sites excluding steroid dienone is 1. The van der Waals surface area contributed by atoms with Crippen LogP contribution in [-0.2, 0) is 20.7 Å². The summed E-state index contributed by atoms with van der Waals surface area (Å²) in [4.78, 5) is 45.6. The van der Waals surface area contributed by atoms with Crippen LogP contribution >= 0.6 is 0 Å². The fourth-order valence-corrected chi connectivity index (χ4v) is 1.99. The summed E-state index contributed by atoms with van der Waals surface area (Å²) in [6.07, 6.45) is 1.91. The predicted octanol–water partition coefficient (Wildman–Crippen LogP) is -0.302. The molecule has 1 aromatic carbocycles. The molecule has 0 aliphatic carbocycles. The molecule has 1 saturated heterocycles. The zero-order chi connectivity index (χ0) is 14.0.